The molecule has 2 aromatic carbocycles. The number of rotatable bonds is 1. The Bertz CT molecular complexity index is 650. The summed E-state index contributed by atoms with van der Waals surface area (Å²) in [6, 6.07) is 10.9. The van der Waals surface area contributed by atoms with Crippen molar-refractivity contribution < 1.29 is 17.9 Å². The van der Waals surface area contributed by atoms with E-state index in [1.54, 1.807) is 0 Å². The molecule has 110 valence electrons. The van der Waals surface area contributed by atoms with Crippen LogP contribution in [0.2, 0.25) is 0 Å². The molecular weight excluding hydrogens is 279 g/mol. The van der Waals surface area contributed by atoms with Crippen LogP contribution in [0.3, 0.4) is 0 Å². The second kappa shape index (κ2) is 4.98. The molecular formula is C16H14F3NO. The standard InChI is InChI=1S/C16H14F3NO/c1-10-2-7-14-13(8-10)20-9-15(21-14)11-3-5-12(6-4-11)16(17,18)19/h2-8,15,20H,9H2,1H3. The quantitative estimate of drug-likeness (QED) is 0.832. The molecule has 21 heavy (non-hydrogen) atoms. The summed E-state index contributed by atoms with van der Waals surface area (Å²) in [4.78, 5) is 0. The van der Waals surface area contributed by atoms with Crippen molar-refractivity contribution in [3.8, 4) is 5.75 Å². The van der Waals surface area contributed by atoms with Gasteiger partial charge in [-0.05, 0) is 42.3 Å². The molecule has 5 heteroatoms. The van der Waals surface area contributed by atoms with Gasteiger partial charge in [-0.2, -0.15) is 13.2 Å². The monoisotopic (exact) mass is 293 g/mol. The minimum atomic E-state index is -4.31. The van der Waals surface area contributed by atoms with E-state index in [-0.39, 0.29) is 6.10 Å². The summed E-state index contributed by atoms with van der Waals surface area (Å²) in [5.74, 6) is 0.719. The van der Waals surface area contributed by atoms with Crippen molar-refractivity contribution in [1.29, 1.82) is 0 Å². The number of aryl methyl sites for hydroxylation is 1. The van der Waals surface area contributed by atoms with Crippen LogP contribution in [0, 0.1) is 6.92 Å². The number of nitrogens with one attached hydrogen (secondary N) is 1. The maximum atomic E-state index is 12.6. The van der Waals surface area contributed by atoms with Gasteiger partial charge in [-0.3, -0.25) is 0 Å². The topological polar surface area (TPSA) is 21.3 Å². The van der Waals surface area contributed by atoms with E-state index in [1.807, 2.05) is 25.1 Å². The van der Waals surface area contributed by atoms with Gasteiger partial charge in [-0.25, -0.2) is 0 Å². The van der Waals surface area contributed by atoms with Crippen molar-refractivity contribution in [2.45, 2.75) is 19.2 Å². The molecule has 0 saturated heterocycles. The molecule has 2 nitrogen and oxygen atoms in total. The van der Waals surface area contributed by atoms with Crippen molar-refractivity contribution in [2.75, 3.05) is 11.9 Å². The van der Waals surface area contributed by atoms with Crippen LogP contribution in [0.1, 0.15) is 22.8 Å². The maximum absolute atomic E-state index is 12.6. The Labute approximate surface area is 120 Å². The molecule has 0 radical (unpaired) electrons. The SMILES string of the molecule is Cc1ccc2c(c1)NCC(c1ccc(C(F)(F)F)cc1)O2. The van der Waals surface area contributed by atoms with Gasteiger partial charge in [0.2, 0.25) is 0 Å². The lowest BCUT2D eigenvalue weighted by molar-refractivity contribution is -0.137. The van der Waals surface area contributed by atoms with E-state index in [4.69, 9.17) is 4.74 Å². The second-order valence-corrected chi connectivity index (χ2v) is 5.11. The Morgan fingerprint density at radius 1 is 1.10 bits per heavy atom. The number of fused-ring (bicyclic) bond motifs is 1. The highest BCUT2D eigenvalue weighted by molar-refractivity contribution is 5.59. The van der Waals surface area contributed by atoms with E-state index in [9.17, 15) is 13.2 Å². The fourth-order valence-corrected chi connectivity index (χ4v) is 2.35. The third kappa shape index (κ3) is 2.82. The minimum Gasteiger partial charge on any atom is -0.482 e. The van der Waals surface area contributed by atoms with Gasteiger partial charge >= 0.3 is 6.18 Å². The van der Waals surface area contributed by atoms with E-state index in [0.29, 0.717) is 6.54 Å². The molecule has 0 aromatic heterocycles. The normalized spacial score (nSPS) is 17.6. The third-order valence-corrected chi connectivity index (χ3v) is 3.49. The van der Waals surface area contributed by atoms with Crippen LogP contribution in [-0.4, -0.2) is 6.54 Å². The Morgan fingerprint density at radius 2 is 1.81 bits per heavy atom. The molecule has 1 aliphatic rings. The first-order valence-electron chi connectivity index (χ1n) is 6.62. The van der Waals surface area contributed by atoms with Gasteiger partial charge in [0, 0.05) is 0 Å². The van der Waals surface area contributed by atoms with Crippen LogP contribution in [-0.2, 0) is 6.18 Å². The second-order valence-electron chi connectivity index (χ2n) is 5.11. The van der Waals surface area contributed by atoms with Crippen molar-refractivity contribution in [3.05, 3.63) is 59.2 Å². The first-order valence-corrected chi connectivity index (χ1v) is 6.62. The number of halogens is 3. The number of ether oxygens (including phenoxy) is 1. The maximum Gasteiger partial charge on any atom is 0.416 e. The molecule has 1 unspecified atom stereocenters. The van der Waals surface area contributed by atoms with Gasteiger partial charge in [-0.1, -0.05) is 18.2 Å². The molecule has 0 aliphatic carbocycles. The summed E-state index contributed by atoms with van der Waals surface area (Å²) in [7, 11) is 0. The van der Waals surface area contributed by atoms with Gasteiger partial charge in [-0.15, -0.1) is 0 Å². The first-order chi connectivity index (χ1) is 9.93. The van der Waals surface area contributed by atoms with E-state index in [2.05, 4.69) is 5.32 Å². The summed E-state index contributed by atoms with van der Waals surface area (Å²) < 4.78 is 43.5. The Morgan fingerprint density at radius 3 is 2.48 bits per heavy atom. The number of hydrogen-bond acceptors (Lipinski definition) is 2. The molecule has 1 N–H and O–H groups in total. The van der Waals surface area contributed by atoms with E-state index < -0.39 is 11.7 Å². The molecule has 0 fully saturated rings. The molecule has 0 bridgehead atoms. The average molecular weight is 293 g/mol. The van der Waals surface area contributed by atoms with Crippen LogP contribution in [0.5, 0.6) is 5.75 Å². The molecule has 3 rings (SSSR count). The van der Waals surface area contributed by atoms with Crippen LogP contribution in [0.25, 0.3) is 0 Å². The summed E-state index contributed by atoms with van der Waals surface area (Å²) in [5, 5.41) is 3.25. The molecule has 0 spiro atoms. The lowest BCUT2D eigenvalue weighted by Crippen LogP contribution is -2.23. The van der Waals surface area contributed by atoms with Gasteiger partial charge < -0.3 is 10.1 Å². The van der Waals surface area contributed by atoms with Crippen LogP contribution in [0.15, 0.2) is 42.5 Å². The van der Waals surface area contributed by atoms with E-state index in [1.165, 1.54) is 12.1 Å². The fraction of sp³-hybridized carbons (Fsp3) is 0.250. The lowest BCUT2D eigenvalue weighted by Gasteiger charge is -2.28. The molecule has 1 heterocycles. The summed E-state index contributed by atoms with van der Waals surface area (Å²) in [6.45, 7) is 2.52. The molecule has 0 amide bonds. The zero-order chi connectivity index (χ0) is 15.0. The first kappa shape index (κ1) is 13.8. The van der Waals surface area contributed by atoms with E-state index in [0.717, 1.165) is 34.7 Å². The largest absolute Gasteiger partial charge is 0.482 e. The van der Waals surface area contributed by atoms with E-state index >= 15 is 0 Å². The number of hydrogen-bond donors (Lipinski definition) is 1. The number of anilines is 1. The van der Waals surface area contributed by atoms with Gasteiger partial charge in [0.1, 0.15) is 11.9 Å². The minimum absolute atomic E-state index is 0.289. The van der Waals surface area contributed by atoms with Crippen molar-refractivity contribution in [3.63, 3.8) is 0 Å². The molecule has 0 saturated carbocycles. The number of benzene rings is 2. The summed E-state index contributed by atoms with van der Waals surface area (Å²) in [5.41, 5.74) is 2.11. The predicted octanol–water partition coefficient (Wildman–Crippen LogP) is 4.56. The van der Waals surface area contributed by atoms with Crippen molar-refractivity contribution in [1.82, 2.24) is 0 Å². The van der Waals surface area contributed by atoms with Gasteiger partial charge in [0.15, 0.2) is 0 Å². The summed E-state index contributed by atoms with van der Waals surface area (Å²) >= 11 is 0. The average Bonchev–Trinajstić information content (AvgIpc) is 2.46. The zero-order valence-electron chi connectivity index (χ0n) is 11.4. The highest BCUT2D eigenvalue weighted by Gasteiger charge is 2.30. The summed E-state index contributed by atoms with van der Waals surface area (Å²) in [6.07, 6.45) is -4.60. The molecule has 1 aliphatic heterocycles. The smallest absolute Gasteiger partial charge is 0.416 e. The number of alkyl halides is 3. The fourth-order valence-electron chi connectivity index (χ4n) is 2.35. The molecule has 1 atom stereocenters. The van der Waals surface area contributed by atoms with Gasteiger partial charge in [0.25, 0.3) is 0 Å². The van der Waals surface area contributed by atoms with Crippen LogP contribution in [0.4, 0.5) is 18.9 Å². The molecule has 2 aromatic rings. The van der Waals surface area contributed by atoms with Gasteiger partial charge in [0.05, 0.1) is 17.8 Å². The third-order valence-electron chi connectivity index (χ3n) is 3.49. The predicted molar refractivity (Wildman–Crippen MR) is 74.5 cm³/mol. The van der Waals surface area contributed by atoms with Crippen molar-refractivity contribution in [2.24, 2.45) is 0 Å². The Hall–Kier alpha value is -2.17. The Balaban J connectivity index is 1.81. The van der Waals surface area contributed by atoms with Crippen molar-refractivity contribution >= 4 is 5.69 Å². The zero-order valence-corrected chi connectivity index (χ0v) is 11.4. The van der Waals surface area contributed by atoms with Crippen LogP contribution < -0.4 is 10.1 Å². The highest BCUT2D eigenvalue weighted by atomic mass is 19.4. The Kier molecular flexibility index (Phi) is 3.27. The highest BCUT2D eigenvalue weighted by Crippen LogP contribution is 2.36. The van der Waals surface area contributed by atoms with Crippen LogP contribution >= 0.6 is 0 Å². The lowest BCUT2D eigenvalue weighted by atomic mass is 10.0.